The summed E-state index contributed by atoms with van der Waals surface area (Å²) in [4.78, 5) is 13.9. The fraction of sp³-hybridized carbons (Fsp3) is 0.462. The van der Waals surface area contributed by atoms with E-state index >= 15 is 0 Å². The Morgan fingerprint density at radius 3 is 2.42 bits per heavy atom. The number of amides is 1. The van der Waals surface area contributed by atoms with Gasteiger partial charge in [0.15, 0.2) is 0 Å². The van der Waals surface area contributed by atoms with Crippen molar-refractivity contribution in [3.05, 3.63) is 29.8 Å². The van der Waals surface area contributed by atoms with Gasteiger partial charge in [0.25, 0.3) is 0 Å². The molecule has 2 rings (SSSR count). The Hall–Kier alpha value is -1.56. The number of carbonyl (C=O) groups is 1. The lowest BCUT2D eigenvalue weighted by molar-refractivity contribution is -0.137. The number of nitrogens with one attached hydrogen (secondary N) is 1. The molecule has 0 bridgehead atoms. The minimum atomic E-state index is -4.35. The fourth-order valence-corrected chi connectivity index (χ4v) is 2.14. The highest BCUT2D eigenvalue weighted by Gasteiger charge is 2.30. The topological polar surface area (TPSA) is 32.3 Å². The van der Waals surface area contributed by atoms with Crippen molar-refractivity contribution in [1.82, 2.24) is 4.90 Å². The van der Waals surface area contributed by atoms with Crippen molar-refractivity contribution in [2.45, 2.75) is 12.6 Å². The number of hydrogen-bond acceptors (Lipinski definition) is 2. The van der Waals surface area contributed by atoms with E-state index in [2.05, 4.69) is 10.2 Å². The van der Waals surface area contributed by atoms with E-state index in [9.17, 15) is 18.0 Å². The van der Waals surface area contributed by atoms with E-state index in [1.165, 1.54) is 12.1 Å². The SMILES string of the molecule is CN1CCC(C(=O)Nc2ccc(C(F)(F)F)cc2)C1. The number of carbonyl (C=O) groups excluding carboxylic acids is 1. The van der Waals surface area contributed by atoms with Gasteiger partial charge in [-0.05, 0) is 44.3 Å². The second-order valence-corrected chi connectivity index (χ2v) is 4.81. The van der Waals surface area contributed by atoms with Crippen molar-refractivity contribution >= 4 is 11.6 Å². The predicted molar refractivity (Wildman–Crippen MR) is 65.7 cm³/mol. The molecule has 1 aliphatic rings. The highest BCUT2D eigenvalue weighted by atomic mass is 19.4. The van der Waals surface area contributed by atoms with E-state index in [0.717, 1.165) is 25.1 Å². The van der Waals surface area contributed by atoms with Crippen molar-refractivity contribution in [2.75, 3.05) is 25.5 Å². The molecular weight excluding hydrogens is 257 g/mol. The Morgan fingerprint density at radius 2 is 1.95 bits per heavy atom. The molecule has 19 heavy (non-hydrogen) atoms. The molecule has 0 aromatic heterocycles. The maximum Gasteiger partial charge on any atom is 0.416 e. The third-order valence-corrected chi connectivity index (χ3v) is 3.24. The van der Waals surface area contributed by atoms with Gasteiger partial charge < -0.3 is 10.2 Å². The van der Waals surface area contributed by atoms with Gasteiger partial charge >= 0.3 is 6.18 Å². The number of likely N-dealkylation sites (tertiary alicyclic amines) is 1. The molecule has 3 nitrogen and oxygen atoms in total. The smallest absolute Gasteiger partial charge is 0.326 e. The van der Waals surface area contributed by atoms with Crippen LogP contribution in [-0.2, 0) is 11.0 Å². The van der Waals surface area contributed by atoms with Crippen molar-refractivity contribution in [1.29, 1.82) is 0 Å². The molecule has 1 aromatic rings. The first kappa shape index (κ1) is 13.9. The molecule has 0 radical (unpaired) electrons. The standard InChI is InChI=1S/C13H15F3N2O/c1-18-7-6-9(8-18)12(19)17-11-4-2-10(3-5-11)13(14,15)16/h2-5,9H,6-8H2,1H3,(H,17,19). The van der Waals surface area contributed by atoms with Gasteiger partial charge in [-0.25, -0.2) is 0 Å². The van der Waals surface area contributed by atoms with E-state index in [0.29, 0.717) is 12.2 Å². The largest absolute Gasteiger partial charge is 0.416 e. The maximum atomic E-state index is 12.4. The van der Waals surface area contributed by atoms with Crippen LogP contribution in [0.3, 0.4) is 0 Å². The van der Waals surface area contributed by atoms with Crippen LogP contribution in [0.15, 0.2) is 24.3 Å². The average molecular weight is 272 g/mol. The lowest BCUT2D eigenvalue weighted by Crippen LogP contribution is -2.25. The molecule has 104 valence electrons. The molecule has 1 atom stereocenters. The van der Waals surface area contributed by atoms with Gasteiger partial charge in [0.05, 0.1) is 11.5 Å². The third kappa shape index (κ3) is 3.47. The van der Waals surface area contributed by atoms with Gasteiger partial charge in [0, 0.05) is 12.2 Å². The monoisotopic (exact) mass is 272 g/mol. The molecule has 0 spiro atoms. The molecule has 1 unspecified atom stereocenters. The zero-order valence-electron chi connectivity index (χ0n) is 10.5. The predicted octanol–water partition coefficient (Wildman–Crippen LogP) is 2.60. The van der Waals surface area contributed by atoms with Gasteiger partial charge in [-0.15, -0.1) is 0 Å². The summed E-state index contributed by atoms with van der Waals surface area (Å²) in [6.07, 6.45) is -3.57. The second kappa shape index (κ2) is 5.21. The summed E-state index contributed by atoms with van der Waals surface area (Å²) in [5, 5.41) is 2.65. The number of rotatable bonds is 2. The van der Waals surface area contributed by atoms with Crippen LogP contribution in [0.2, 0.25) is 0 Å². The number of alkyl halides is 3. The first-order valence-corrected chi connectivity index (χ1v) is 6.03. The zero-order chi connectivity index (χ0) is 14.0. The molecule has 1 amide bonds. The van der Waals surface area contributed by atoms with Crippen LogP contribution in [-0.4, -0.2) is 30.9 Å². The van der Waals surface area contributed by atoms with Crippen molar-refractivity contribution in [2.24, 2.45) is 5.92 Å². The maximum absolute atomic E-state index is 12.4. The summed E-state index contributed by atoms with van der Waals surface area (Å²) in [5.74, 6) is -0.226. The Labute approximate surface area is 109 Å². The molecule has 1 heterocycles. The van der Waals surface area contributed by atoms with Gasteiger partial charge in [-0.3, -0.25) is 4.79 Å². The lowest BCUT2D eigenvalue weighted by Gasteiger charge is -2.12. The molecule has 1 saturated heterocycles. The van der Waals surface area contributed by atoms with Crippen molar-refractivity contribution in [3.63, 3.8) is 0 Å². The normalized spacial score (nSPS) is 20.5. The summed E-state index contributed by atoms with van der Waals surface area (Å²) >= 11 is 0. The first-order chi connectivity index (χ1) is 8.86. The third-order valence-electron chi connectivity index (χ3n) is 3.24. The van der Waals surface area contributed by atoms with Crippen LogP contribution in [0.5, 0.6) is 0 Å². The van der Waals surface area contributed by atoms with Crippen LogP contribution in [0.1, 0.15) is 12.0 Å². The first-order valence-electron chi connectivity index (χ1n) is 6.03. The van der Waals surface area contributed by atoms with Crippen LogP contribution >= 0.6 is 0 Å². The van der Waals surface area contributed by atoms with Crippen LogP contribution in [0, 0.1) is 5.92 Å². The summed E-state index contributed by atoms with van der Waals surface area (Å²) in [6.45, 7) is 1.55. The molecular formula is C13H15F3N2O. The molecule has 0 aliphatic carbocycles. The highest BCUT2D eigenvalue weighted by molar-refractivity contribution is 5.92. The van der Waals surface area contributed by atoms with Crippen LogP contribution in [0.25, 0.3) is 0 Å². The molecule has 6 heteroatoms. The summed E-state index contributed by atoms with van der Waals surface area (Å²) < 4.78 is 37.1. The Balaban J connectivity index is 1.98. The average Bonchev–Trinajstić information content (AvgIpc) is 2.75. The van der Waals surface area contributed by atoms with Crippen LogP contribution in [0.4, 0.5) is 18.9 Å². The van der Waals surface area contributed by atoms with Gasteiger partial charge in [-0.2, -0.15) is 13.2 Å². The molecule has 1 N–H and O–H groups in total. The lowest BCUT2D eigenvalue weighted by atomic mass is 10.1. The highest BCUT2D eigenvalue weighted by Crippen LogP contribution is 2.30. The van der Waals surface area contributed by atoms with E-state index in [-0.39, 0.29) is 11.8 Å². The molecule has 0 saturated carbocycles. The fourth-order valence-electron chi connectivity index (χ4n) is 2.14. The van der Waals surface area contributed by atoms with E-state index in [1.807, 2.05) is 7.05 Å². The minimum absolute atomic E-state index is 0.0905. The number of benzene rings is 1. The van der Waals surface area contributed by atoms with Crippen molar-refractivity contribution < 1.29 is 18.0 Å². The number of anilines is 1. The van der Waals surface area contributed by atoms with E-state index < -0.39 is 11.7 Å². The van der Waals surface area contributed by atoms with E-state index in [4.69, 9.17) is 0 Å². The number of hydrogen-bond donors (Lipinski definition) is 1. The number of nitrogens with zero attached hydrogens (tertiary/aromatic N) is 1. The van der Waals surface area contributed by atoms with Crippen molar-refractivity contribution in [3.8, 4) is 0 Å². The number of halogens is 3. The summed E-state index contributed by atoms with van der Waals surface area (Å²) in [5.41, 5.74) is -0.321. The van der Waals surface area contributed by atoms with Gasteiger partial charge in [0.2, 0.25) is 5.91 Å². The van der Waals surface area contributed by atoms with E-state index in [1.54, 1.807) is 0 Å². The molecule has 1 fully saturated rings. The summed E-state index contributed by atoms with van der Waals surface area (Å²) in [6, 6.07) is 4.49. The molecule has 1 aliphatic heterocycles. The molecule has 1 aromatic carbocycles. The Bertz CT molecular complexity index is 456. The minimum Gasteiger partial charge on any atom is -0.326 e. The Kier molecular flexibility index (Phi) is 3.80. The zero-order valence-corrected chi connectivity index (χ0v) is 10.5. The Morgan fingerprint density at radius 1 is 1.32 bits per heavy atom. The van der Waals surface area contributed by atoms with Gasteiger partial charge in [-0.1, -0.05) is 0 Å². The summed E-state index contributed by atoms with van der Waals surface area (Å²) in [7, 11) is 1.94. The second-order valence-electron chi connectivity index (χ2n) is 4.81. The van der Waals surface area contributed by atoms with Crippen LogP contribution < -0.4 is 5.32 Å². The van der Waals surface area contributed by atoms with Gasteiger partial charge in [0.1, 0.15) is 0 Å². The quantitative estimate of drug-likeness (QED) is 0.897.